The molecule has 2 heterocycles. The normalized spacial score (nSPS) is 18.2. The van der Waals surface area contributed by atoms with Crippen LogP contribution in [0.1, 0.15) is 21.5 Å². The predicted molar refractivity (Wildman–Crippen MR) is 129 cm³/mol. The number of imide groups is 1. The minimum Gasteiger partial charge on any atom is -0.383 e. The summed E-state index contributed by atoms with van der Waals surface area (Å²) in [5, 5.41) is -0.376. The van der Waals surface area contributed by atoms with E-state index in [0.29, 0.717) is 41.3 Å². The third-order valence-corrected chi connectivity index (χ3v) is 6.74. The molecule has 2 fully saturated rings. The van der Waals surface area contributed by atoms with E-state index in [9.17, 15) is 18.8 Å². The van der Waals surface area contributed by atoms with Gasteiger partial charge in [-0.2, -0.15) is 0 Å². The summed E-state index contributed by atoms with van der Waals surface area (Å²) in [6.07, 6.45) is 1.63. The van der Waals surface area contributed by atoms with Gasteiger partial charge in [-0.3, -0.25) is 24.2 Å². The Kier molecular flexibility index (Phi) is 7.77. The van der Waals surface area contributed by atoms with E-state index in [1.807, 2.05) is 4.90 Å². The van der Waals surface area contributed by atoms with Crippen LogP contribution in [0.5, 0.6) is 0 Å². The van der Waals surface area contributed by atoms with Crippen LogP contribution in [0.25, 0.3) is 6.08 Å². The highest BCUT2D eigenvalue weighted by Crippen LogP contribution is 2.33. The Morgan fingerprint density at radius 1 is 1.09 bits per heavy atom. The van der Waals surface area contributed by atoms with Crippen molar-refractivity contribution in [2.24, 2.45) is 0 Å². The standard InChI is InChI=1S/C25H26FN3O4S/c1-33-14-13-27-9-11-28(12-10-27)23(30)20-4-2-3-19(15-20)16-22-24(31)29(25(32)34-22)17-18-5-7-21(26)8-6-18/h2-8,15-16H,9-14,17H2,1H3. The SMILES string of the molecule is COCCN1CCN(C(=O)c2cccc(C=C3SC(=O)N(Cc4ccc(F)cc4)C3=O)c2)CC1. The minimum atomic E-state index is -0.400. The number of piperazine rings is 1. The van der Waals surface area contributed by atoms with E-state index in [2.05, 4.69) is 4.90 Å². The Morgan fingerprint density at radius 2 is 1.82 bits per heavy atom. The number of ether oxygens (including phenoxy) is 1. The lowest BCUT2D eigenvalue weighted by molar-refractivity contribution is -0.123. The van der Waals surface area contributed by atoms with E-state index in [0.717, 1.165) is 36.3 Å². The van der Waals surface area contributed by atoms with E-state index in [4.69, 9.17) is 4.74 Å². The van der Waals surface area contributed by atoms with E-state index in [-0.39, 0.29) is 23.5 Å². The van der Waals surface area contributed by atoms with Crippen LogP contribution < -0.4 is 0 Å². The molecular formula is C25H26FN3O4S. The van der Waals surface area contributed by atoms with Crippen molar-refractivity contribution in [3.05, 3.63) is 75.9 Å². The Bertz CT molecular complexity index is 1100. The Hall–Kier alpha value is -3.01. The molecule has 0 aliphatic carbocycles. The Morgan fingerprint density at radius 3 is 2.53 bits per heavy atom. The van der Waals surface area contributed by atoms with Gasteiger partial charge in [-0.1, -0.05) is 24.3 Å². The second kappa shape index (κ2) is 10.9. The molecular weight excluding hydrogens is 457 g/mol. The second-order valence-corrected chi connectivity index (χ2v) is 9.14. The molecule has 0 aromatic heterocycles. The highest BCUT2D eigenvalue weighted by molar-refractivity contribution is 8.18. The van der Waals surface area contributed by atoms with Crippen molar-refractivity contribution < 1.29 is 23.5 Å². The third kappa shape index (κ3) is 5.72. The van der Waals surface area contributed by atoms with Crippen molar-refractivity contribution in [1.82, 2.24) is 14.7 Å². The van der Waals surface area contributed by atoms with Gasteiger partial charge in [-0.05, 0) is 53.2 Å². The summed E-state index contributed by atoms with van der Waals surface area (Å²) >= 11 is 0.861. The highest BCUT2D eigenvalue weighted by atomic mass is 32.2. The molecule has 0 N–H and O–H groups in total. The fraction of sp³-hybridized carbons (Fsp3) is 0.320. The highest BCUT2D eigenvalue weighted by Gasteiger charge is 2.35. The molecule has 0 spiro atoms. The molecule has 34 heavy (non-hydrogen) atoms. The van der Waals surface area contributed by atoms with Crippen LogP contribution in [0, 0.1) is 5.82 Å². The van der Waals surface area contributed by atoms with Crippen LogP contribution in [0.2, 0.25) is 0 Å². The van der Waals surface area contributed by atoms with Gasteiger partial charge in [-0.25, -0.2) is 4.39 Å². The van der Waals surface area contributed by atoms with Gasteiger partial charge in [-0.15, -0.1) is 0 Å². The predicted octanol–water partition coefficient (Wildman–Crippen LogP) is 3.47. The van der Waals surface area contributed by atoms with Crippen molar-refractivity contribution in [2.75, 3.05) is 46.4 Å². The average molecular weight is 484 g/mol. The van der Waals surface area contributed by atoms with Crippen LogP contribution >= 0.6 is 11.8 Å². The van der Waals surface area contributed by atoms with Crippen LogP contribution in [0.4, 0.5) is 9.18 Å². The van der Waals surface area contributed by atoms with Gasteiger partial charge in [0.1, 0.15) is 5.82 Å². The number of amides is 3. The second-order valence-electron chi connectivity index (χ2n) is 8.15. The van der Waals surface area contributed by atoms with Crippen molar-refractivity contribution in [3.63, 3.8) is 0 Å². The van der Waals surface area contributed by atoms with Crippen LogP contribution in [0.15, 0.2) is 53.4 Å². The van der Waals surface area contributed by atoms with E-state index in [1.165, 1.54) is 12.1 Å². The lowest BCUT2D eigenvalue weighted by atomic mass is 10.1. The van der Waals surface area contributed by atoms with Gasteiger partial charge >= 0.3 is 0 Å². The summed E-state index contributed by atoms with van der Waals surface area (Å²) < 4.78 is 18.3. The summed E-state index contributed by atoms with van der Waals surface area (Å²) in [5.74, 6) is -0.825. The molecule has 2 aromatic carbocycles. The smallest absolute Gasteiger partial charge is 0.293 e. The first-order valence-corrected chi connectivity index (χ1v) is 11.9. The zero-order valence-corrected chi connectivity index (χ0v) is 19.7. The fourth-order valence-electron chi connectivity index (χ4n) is 3.90. The van der Waals surface area contributed by atoms with Crippen molar-refractivity contribution in [2.45, 2.75) is 6.54 Å². The van der Waals surface area contributed by atoms with E-state index < -0.39 is 5.91 Å². The van der Waals surface area contributed by atoms with Gasteiger partial charge in [0.25, 0.3) is 17.1 Å². The van der Waals surface area contributed by atoms with Crippen molar-refractivity contribution >= 4 is 34.9 Å². The van der Waals surface area contributed by atoms with Crippen molar-refractivity contribution in [3.8, 4) is 0 Å². The van der Waals surface area contributed by atoms with Gasteiger partial charge in [0.15, 0.2) is 0 Å². The molecule has 7 nitrogen and oxygen atoms in total. The molecule has 2 aliphatic rings. The molecule has 0 unspecified atom stereocenters. The monoisotopic (exact) mass is 483 g/mol. The Labute approximate surface area is 202 Å². The van der Waals surface area contributed by atoms with E-state index in [1.54, 1.807) is 49.6 Å². The lowest BCUT2D eigenvalue weighted by Gasteiger charge is -2.34. The number of rotatable bonds is 7. The molecule has 2 saturated heterocycles. The molecule has 0 bridgehead atoms. The van der Waals surface area contributed by atoms with Crippen molar-refractivity contribution in [1.29, 1.82) is 0 Å². The molecule has 0 atom stereocenters. The molecule has 9 heteroatoms. The number of methoxy groups -OCH3 is 1. The largest absolute Gasteiger partial charge is 0.383 e. The number of carbonyl (C=O) groups excluding carboxylic acids is 3. The van der Waals surface area contributed by atoms with Gasteiger partial charge < -0.3 is 9.64 Å². The van der Waals surface area contributed by atoms with Gasteiger partial charge in [0.2, 0.25) is 0 Å². The first-order chi connectivity index (χ1) is 16.4. The molecule has 2 aliphatic heterocycles. The number of halogens is 1. The molecule has 4 rings (SSSR count). The minimum absolute atomic E-state index is 0.0499. The number of hydrogen-bond donors (Lipinski definition) is 0. The number of benzene rings is 2. The third-order valence-electron chi connectivity index (χ3n) is 5.83. The maximum atomic E-state index is 13.1. The molecule has 2 aromatic rings. The van der Waals surface area contributed by atoms with E-state index >= 15 is 0 Å². The molecule has 178 valence electrons. The van der Waals surface area contributed by atoms with Crippen LogP contribution in [0.3, 0.4) is 0 Å². The summed E-state index contributed by atoms with van der Waals surface area (Å²) in [5.41, 5.74) is 1.89. The average Bonchev–Trinajstić information content (AvgIpc) is 3.11. The first kappa shape index (κ1) is 24.1. The van der Waals surface area contributed by atoms with Gasteiger partial charge in [0, 0.05) is 45.4 Å². The molecule has 0 radical (unpaired) electrons. The topological polar surface area (TPSA) is 70.2 Å². The van der Waals surface area contributed by atoms with Gasteiger partial charge in [0.05, 0.1) is 18.1 Å². The summed E-state index contributed by atoms with van der Waals surface area (Å²) in [6.45, 7) is 4.50. The zero-order chi connectivity index (χ0) is 24.1. The zero-order valence-electron chi connectivity index (χ0n) is 18.9. The maximum Gasteiger partial charge on any atom is 0.293 e. The first-order valence-electron chi connectivity index (χ1n) is 11.0. The molecule has 3 amide bonds. The van der Waals surface area contributed by atoms with Crippen LogP contribution in [-0.2, 0) is 16.1 Å². The Balaban J connectivity index is 1.42. The number of hydrogen-bond acceptors (Lipinski definition) is 6. The fourth-order valence-corrected chi connectivity index (χ4v) is 4.74. The number of nitrogens with zero attached hydrogens (tertiary/aromatic N) is 3. The summed E-state index contributed by atoms with van der Waals surface area (Å²) in [6, 6.07) is 12.8. The lowest BCUT2D eigenvalue weighted by Crippen LogP contribution is -2.49. The van der Waals surface area contributed by atoms with Crippen LogP contribution in [-0.4, -0.2) is 78.2 Å². The molecule has 0 saturated carbocycles. The summed E-state index contributed by atoms with van der Waals surface area (Å²) in [4.78, 5) is 43.8. The summed E-state index contributed by atoms with van der Waals surface area (Å²) in [7, 11) is 1.68. The maximum absolute atomic E-state index is 13.1. The quantitative estimate of drug-likeness (QED) is 0.562. The number of carbonyl (C=O) groups is 3. The number of thioether (sulfide) groups is 1.